The van der Waals surface area contributed by atoms with Crippen molar-refractivity contribution in [1.29, 1.82) is 0 Å². The number of rotatable bonds is 43. The van der Waals surface area contributed by atoms with Crippen LogP contribution in [0.15, 0.2) is 72.9 Å². The fourth-order valence-electron chi connectivity index (χ4n) is 6.53. The highest BCUT2D eigenvalue weighted by molar-refractivity contribution is 5.71. The van der Waals surface area contributed by atoms with Crippen LogP contribution in [-0.4, -0.2) is 37.2 Å². The average Bonchev–Trinajstić information content (AvgIpc) is 3.23. The zero-order valence-electron chi connectivity index (χ0n) is 38.5. The van der Waals surface area contributed by atoms with Gasteiger partial charge in [0.05, 0.1) is 0 Å². The number of hydrogen-bond acceptors (Lipinski definition) is 6. The van der Waals surface area contributed by atoms with Crippen LogP contribution in [0.4, 0.5) is 0 Å². The molecule has 0 rings (SSSR count). The van der Waals surface area contributed by atoms with E-state index in [1.807, 2.05) is 0 Å². The highest BCUT2D eigenvalue weighted by atomic mass is 16.6. The zero-order valence-corrected chi connectivity index (χ0v) is 38.5. The Hall–Kier alpha value is -3.15. The number of carbonyl (C=O) groups excluding carboxylic acids is 3. The Morgan fingerprint density at radius 2 is 0.678 bits per heavy atom. The molecule has 0 saturated carbocycles. The number of hydrogen-bond donors (Lipinski definition) is 0. The van der Waals surface area contributed by atoms with E-state index in [2.05, 4.69) is 93.7 Å². The Kier molecular flexibility index (Phi) is 45.0. The summed E-state index contributed by atoms with van der Waals surface area (Å²) < 4.78 is 16.7. The molecule has 0 bridgehead atoms. The summed E-state index contributed by atoms with van der Waals surface area (Å²) in [5, 5.41) is 0. The van der Waals surface area contributed by atoms with Gasteiger partial charge >= 0.3 is 17.9 Å². The molecule has 338 valence electrons. The Bertz CT molecular complexity index is 1130. The summed E-state index contributed by atoms with van der Waals surface area (Å²) >= 11 is 0. The van der Waals surface area contributed by atoms with Gasteiger partial charge in [-0.1, -0.05) is 196 Å². The minimum atomic E-state index is -0.796. The molecule has 0 heterocycles. The molecule has 0 aliphatic carbocycles. The average molecular weight is 823 g/mol. The molecule has 59 heavy (non-hydrogen) atoms. The van der Waals surface area contributed by atoms with Crippen LogP contribution in [0, 0.1) is 0 Å². The summed E-state index contributed by atoms with van der Waals surface area (Å²) in [5.41, 5.74) is 0. The highest BCUT2D eigenvalue weighted by Gasteiger charge is 2.19. The molecular formula is C53H90O6. The Balaban J connectivity index is 4.44. The summed E-state index contributed by atoms with van der Waals surface area (Å²) in [6.45, 7) is 6.43. The second-order valence-electron chi connectivity index (χ2n) is 16.0. The van der Waals surface area contributed by atoms with Gasteiger partial charge in [-0.05, 0) is 83.5 Å². The molecular weight excluding hydrogens is 733 g/mol. The maximum absolute atomic E-state index is 12.7. The second-order valence-corrected chi connectivity index (χ2v) is 16.0. The maximum Gasteiger partial charge on any atom is 0.306 e. The highest BCUT2D eigenvalue weighted by Crippen LogP contribution is 2.14. The quantitative estimate of drug-likeness (QED) is 0.0264. The zero-order chi connectivity index (χ0) is 43.0. The molecule has 0 aromatic rings. The van der Waals surface area contributed by atoms with Crippen molar-refractivity contribution in [2.45, 2.75) is 232 Å². The maximum atomic E-state index is 12.7. The first kappa shape index (κ1) is 55.9. The predicted molar refractivity (Wildman–Crippen MR) is 251 cm³/mol. The van der Waals surface area contributed by atoms with E-state index >= 15 is 0 Å². The van der Waals surface area contributed by atoms with Gasteiger partial charge in [0.25, 0.3) is 0 Å². The Morgan fingerprint density at radius 1 is 0.356 bits per heavy atom. The van der Waals surface area contributed by atoms with Gasteiger partial charge in [0.2, 0.25) is 0 Å². The third-order valence-electron chi connectivity index (χ3n) is 10.2. The van der Waals surface area contributed by atoms with Crippen LogP contribution >= 0.6 is 0 Å². The number of ether oxygens (including phenoxy) is 3. The van der Waals surface area contributed by atoms with E-state index in [0.29, 0.717) is 19.3 Å². The Morgan fingerprint density at radius 3 is 1.14 bits per heavy atom. The lowest BCUT2D eigenvalue weighted by atomic mass is 10.1. The number of unbranched alkanes of at least 4 members (excludes halogenated alkanes) is 20. The molecule has 0 amide bonds. The number of esters is 3. The minimum absolute atomic E-state index is 0.0939. The summed E-state index contributed by atoms with van der Waals surface area (Å²) in [5.74, 6) is -0.963. The van der Waals surface area contributed by atoms with Crippen LogP contribution in [0.3, 0.4) is 0 Å². The van der Waals surface area contributed by atoms with Crippen molar-refractivity contribution in [3.05, 3.63) is 72.9 Å². The summed E-state index contributed by atoms with van der Waals surface area (Å²) in [7, 11) is 0. The topological polar surface area (TPSA) is 78.9 Å². The molecule has 0 N–H and O–H groups in total. The lowest BCUT2D eigenvalue weighted by molar-refractivity contribution is -0.167. The molecule has 0 aromatic heterocycles. The molecule has 1 atom stereocenters. The van der Waals surface area contributed by atoms with Gasteiger partial charge in [-0.15, -0.1) is 0 Å². The predicted octanol–water partition coefficient (Wildman–Crippen LogP) is 15.9. The number of carbonyl (C=O) groups is 3. The summed E-state index contributed by atoms with van der Waals surface area (Å²) in [4.78, 5) is 37.8. The van der Waals surface area contributed by atoms with Crippen LogP contribution < -0.4 is 0 Å². The van der Waals surface area contributed by atoms with Crippen molar-refractivity contribution in [2.75, 3.05) is 13.2 Å². The lowest BCUT2D eigenvalue weighted by Gasteiger charge is -2.18. The second kappa shape index (κ2) is 47.5. The monoisotopic (exact) mass is 823 g/mol. The van der Waals surface area contributed by atoms with Gasteiger partial charge in [0.15, 0.2) is 6.10 Å². The summed E-state index contributed by atoms with van der Waals surface area (Å²) in [6.07, 6.45) is 58.9. The van der Waals surface area contributed by atoms with Gasteiger partial charge in [0, 0.05) is 19.3 Å². The molecule has 0 aromatic carbocycles. The number of allylic oxidation sites excluding steroid dienone is 12. The Labute approximate surface area is 363 Å². The molecule has 0 aliphatic heterocycles. The SMILES string of the molecule is CC/C=C\C/C=C\C/C=C\C/C=C\C/C=C\CCCC(=O)OCC(COC(=O)CCCCCCCCCCC)OC(=O)CCCCCCCCC/C=C\CCCCCC. The fourth-order valence-corrected chi connectivity index (χ4v) is 6.53. The molecule has 6 heteroatoms. The van der Waals surface area contributed by atoms with Crippen LogP contribution in [0.1, 0.15) is 226 Å². The van der Waals surface area contributed by atoms with E-state index in [1.165, 1.54) is 103 Å². The first-order valence-electron chi connectivity index (χ1n) is 24.4. The normalized spacial score (nSPS) is 12.7. The molecule has 1 unspecified atom stereocenters. The first-order chi connectivity index (χ1) is 29.0. The molecule has 0 aliphatic rings. The molecule has 0 radical (unpaired) electrons. The minimum Gasteiger partial charge on any atom is -0.462 e. The van der Waals surface area contributed by atoms with Crippen LogP contribution in [0.25, 0.3) is 0 Å². The van der Waals surface area contributed by atoms with E-state index in [1.54, 1.807) is 0 Å². The van der Waals surface area contributed by atoms with Gasteiger partial charge in [0.1, 0.15) is 13.2 Å². The van der Waals surface area contributed by atoms with Crippen LogP contribution in [0.5, 0.6) is 0 Å². The van der Waals surface area contributed by atoms with E-state index in [9.17, 15) is 14.4 Å². The van der Waals surface area contributed by atoms with Crippen molar-refractivity contribution < 1.29 is 28.6 Å². The third kappa shape index (κ3) is 45.8. The standard InChI is InChI=1S/C53H90O6/c1-4-7-10-13-16-19-21-23-25-26-28-29-31-34-37-40-43-46-52(55)58-49-50(48-57-51(54)45-42-39-36-33-18-15-12-9-6-3)59-53(56)47-44-41-38-35-32-30-27-24-22-20-17-14-11-8-5-2/h7,10,16,19-20,22-23,25,28-29,34,37,50H,4-6,8-9,11-15,17-18,21,24,26-27,30-33,35-36,38-49H2,1-3H3/b10-7-,19-16-,22-20-,25-23-,29-28-,37-34-. The fraction of sp³-hybridized carbons (Fsp3) is 0.717. The van der Waals surface area contributed by atoms with Crippen LogP contribution in [-0.2, 0) is 28.6 Å². The van der Waals surface area contributed by atoms with E-state index in [0.717, 1.165) is 77.0 Å². The van der Waals surface area contributed by atoms with E-state index in [4.69, 9.17) is 14.2 Å². The van der Waals surface area contributed by atoms with Gasteiger partial charge in [-0.25, -0.2) is 0 Å². The van der Waals surface area contributed by atoms with Crippen LogP contribution in [0.2, 0.25) is 0 Å². The van der Waals surface area contributed by atoms with Crippen molar-refractivity contribution in [3.63, 3.8) is 0 Å². The molecule has 0 fully saturated rings. The lowest BCUT2D eigenvalue weighted by Crippen LogP contribution is -2.30. The van der Waals surface area contributed by atoms with Crippen molar-refractivity contribution in [1.82, 2.24) is 0 Å². The largest absolute Gasteiger partial charge is 0.462 e. The first-order valence-corrected chi connectivity index (χ1v) is 24.4. The van der Waals surface area contributed by atoms with Gasteiger partial charge in [-0.2, -0.15) is 0 Å². The van der Waals surface area contributed by atoms with Crippen molar-refractivity contribution in [2.24, 2.45) is 0 Å². The van der Waals surface area contributed by atoms with E-state index < -0.39 is 6.10 Å². The van der Waals surface area contributed by atoms with Crippen molar-refractivity contribution in [3.8, 4) is 0 Å². The van der Waals surface area contributed by atoms with Gasteiger partial charge in [-0.3, -0.25) is 14.4 Å². The smallest absolute Gasteiger partial charge is 0.306 e. The summed E-state index contributed by atoms with van der Waals surface area (Å²) in [6, 6.07) is 0. The van der Waals surface area contributed by atoms with E-state index in [-0.39, 0.29) is 37.5 Å². The molecule has 0 saturated heterocycles. The molecule has 6 nitrogen and oxygen atoms in total. The third-order valence-corrected chi connectivity index (χ3v) is 10.2. The van der Waals surface area contributed by atoms with Gasteiger partial charge < -0.3 is 14.2 Å². The molecule has 0 spiro atoms. The van der Waals surface area contributed by atoms with Crippen molar-refractivity contribution >= 4 is 17.9 Å².